The number of amides is 1. The van der Waals surface area contributed by atoms with Gasteiger partial charge < -0.3 is 10.1 Å². The fourth-order valence-electron chi connectivity index (χ4n) is 2.34. The topological polar surface area (TPSA) is 56.2 Å². The third kappa shape index (κ3) is 3.64. The van der Waals surface area contributed by atoms with E-state index >= 15 is 0 Å². The monoisotopic (exact) mass is 325 g/mol. The van der Waals surface area contributed by atoms with Gasteiger partial charge in [0.25, 0.3) is 0 Å². The number of nitrogens with one attached hydrogen (secondary N) is 1. The van der Waals surface area contributed by atoms with Gasteiger partial charge in [0.15, 0.2) is 0 Å². The van der Waals surface area contributed by atoms with Crippen molar-refractivity contribution in [1.29, 1.82) is 0 Å². The molecule has 3 heterocycles. The van der Waals surface area contributed by atoms with Crippen LogP contribution in [0.3, 0.4) is 0 Å². The second-order valence-electron chi connectivity index (χ2n) is 4.96. The zero-order valence-electron chi connectivity index (χ0n) is 11.4. The van der Waals surface area contributed by atoms with E-state index in [1.165, 1.54) is 11.3 Å². The van der Waals surface area contributed by atoms with E-state index in [2.05, 4.69) is 10.4 Å². The van der Waals surface area contributed by atoms with Gasteiger partial charge in [-0.3, -0.25) is 4.79 Å². The van der Waals surface area contributed by atoms with E-state index < -0.39 is 0 Å². The number of carbonyl (C=O) groups is 1. The summed E-state index contributed by atoms with van der Waals surface area (Å²) < 4.78 is 7.81. The van der Waals surface area contributed by atoms with E-state index in [0.29, 0.717) is 19.8 Å². The quantitative estimate of drug-likeness (QED) is 0.940. The first-order valence-corrected chi connectivity index (χ1v) is 8.06. The van der Waals surface area contributed by atoms with E-state index in [-0.39, 0.29) is 11.8 Å². The van der Waals surface area contributed by atoms with Crippen LogP contribution in [0, 0.1) is 5.92 Å². The maximum atomic E-state index is 12.2. The molecule has 1 amide bonds. The standard InChI is InChI=1S/C14H16ClN3O2S/c15-12-2-1-11(21-12)9-18-13(3-6-16-18)17-14(19)10-4-7-20-8-5-10/h1-3,6,10H,4-5,7-9H2,(H,17,19). The second kappa shape index (κ2) is 6.60. The summed E-state index contributed by atoms with van der Waals surface area (Å²) in [6.07, 6.45) is 3.25. The van der Waals surface area contributed by atoms with Crippen LogP contribution in [0.1, 0.15) is 17.7 Å². The molecule has 7 heteroatoms. The molecule has 1 aliphatic rings. The molecule has 2 aromatic rings. The lowest BCUT2D eigenvalue weighted by molar-refractivity contribution is -0.122. The SMILES string of the molecule is O=C(Nc1ccnn1Cc1ccc(Cl)s1)C1CCOCC1. The summed E-state index contributed by atoms with van der Waals surface area (Å²) in [5, 5.41) is 7.22. The van der Waals surface area contributed by atoms with Crippen LogP contribution in [0.4, 0.5) is 5.82 Å². The van der Waals surface area contributed by atoms with Gasteiger partial charge in [0.2, 0.25) is 5.91 Å². The molecule has 3 rings (SSSR count). The number of nitrogens with zero attached hydrogens (tertiary/aromatic N) is 2. The minimum Gasteiger partial charge on any atom is -0.381 e. The highest BCUT2D eigenvalue weighted by molar-refractivity contribution is 7.16. The predicted octanol–water partition coefficient (Wildman–Crippen LogP) is 3.01. The number of aromatic nitrogens is 2. The Morgan fingerprint density at radius 1 is 1.43 bits per heavy atom. The van der Waals surface area contributed by atoms with E-state index in [4.69, 9.17) is 16.3 Å². The smallest absolute Gasteiger partial charge is 0.228 e. The largest absolute Gasteiger partial charge is 0.381 e. The van der Waals surface area contributed by atoms with E-state index in [9.17, 15) is 4.79 Å². The first-order valence-electron chi connectivity index (χ1n) is 6.87. The molecule has 1 aliphatic heterocycles. The molecule has 1 N–H and O–H groups in total. The number of anilines is 1. The Hall–Kier alpha value is -1.37. The van der Waals surface area contributed by atoms with Gasteiger partial charge in [0.1, 0.15) is 5.82 Å². The van der Waals surface area contributed by atoms with Crippen molar-refractivity contribution in [3.8, 4) is 0 Å². The van der Waals surface area contributed by atoms with Crippen molar-refractivity contribution in [3.63, 3.8) is 0 Å². The van der Waals surface area contributed by atoms with Gasteiger partial charge in [-0.2, -0.15) is 5.10 Å². The zero-order valence-corrected chi connectivity index (χ0v) is 13.0. The number of hydrogen-bond donors (Lipinski definition) is 1. The molecule has 1 saturated heterocycles. The molecule has 21 heavy (non-hydrogen) atoms. The number of carbonyl (C=O) groups excluding carboxylic acids is 1. The molecule has 0 aromatic carbocycles. The molecule has 0 saturated carbocycles. The lowest BCUT2D eigenvalue weighted by Crippen LogP contribution is -2.29. The molecule has 0 unspecified atom stereocenters. The average molecular weight is 326 g/mol. The van der Waals surface area contributed by atoms with Crippen LogP contribution in [-0.2, 0) is 16.1 Å². The van der Waals surface area contributed by atoms with Crippen LogP contribution in [0.2, 0.25) is 4.34 Å². The predicted molar refractivity (Wildman–Crippen MR) is 82.8 cm³/mol. The van der Waals surface area contributed by atoms with E-state index in [1.807, 2.05) is 18.2 Å². The number of hydrogen-bond acceptors (Lipinski definition) is 4. The van der Waals surface area contributed by atoms with Gasteiger partial charge >= 0.3 is 0 Å². The first kappa shape index (κ1) is 14.6. The summed E-state index contributed by atoms with van der Waals surface area (Å²) in [4.78, 5) is 13.4. The van der Waals surface area contributed by atoms with Crippen molar-refractivity contribution in [2.45, 2.75) is 19.4 Å². The number of halogens is 1. The van der Waals surface area contributed by atoms with E-state index in [1.54, 1.807) is 10.9 Å². The van der Waals surface area contributed by atoms with Gasteiger partial charge in [0, 0.05) is 30.1 Å². The Balaban J connectivity index is 1.66. The van der Waals surface area contributed by atoms with Gasteiger partial charge in [0.05, 0.1) is 17.1 Å². The van der Waals surface area contributed by atoms with Crippen molar-refractivity contribution in [3.05, 3.63) is 33.6 Å². The summed E-state index contributed by atoms with van der Waals surface area (Å²) in [6.45, 7) is 1.92. The number of thiophene rings is 1. The normalized spacial score (nSPS) is 16.0. The maximum absolute atomic E-state index is 12.2. The fourth-order valence-corrected chi connectivity index (χ4v) is 3.41. The van der Waals surface area contributed by atoms with Gasteiger partial charge in [-0.05, 0) is 25.0 Å². The van der Waals surface area contributed by atoms with Crippen molar-refractivity contribution in [2.24, 2.45) is 5.92 Å². The van der Waals surface area contributed by atoms with Crippen LogP contribution < -0.4 is 5.32 Å². The summed E-state index contributed by atoms with van der Waals surface area (Å²) in [5.74, 6) is 0.790. The summed E-state index contributed by atoms with van der Waals surface area (Å²) >= 11 is 7.45. The van der Waals surface area contributed by atoms with Crippen LogP contribution in [0.5, 0.6) is 0 Å². The van der Waals surface area contributed by atoms with Crippen LogP contribution in [0.25, 0.3) is 0 Å². The number of ether oxygens (including phenoxy) is 1. The van der Waals surface area contributed by atoms with Crippen molar-refractivity contribution in [1.82, 2.24) is 9.78 Å². The first-order chi connectivity index (χ1) is 10.2. The van der Waals surface area contributed by atoms with Gasteiger partial charge in [-0.15, -0.1) is 11.3 Å². The van der Waals surface area contributed by atoms with Gasteiger partial charge in [-0.1, -0.05) is 11.6 Å². The molecule has 1 fully saturated rings. The second-order valence-corrected chi connectivity index (χ2v) is 6.76. The molecule has 0 spiro atoms. The summed E-state index contributed by atoms with van der Waals surface area (Å²) in [7, 11) is 0. The Morgan fingerprint density at radius 3 is 2.95 bits per heavy atom. The maximum Gasteiger partial charge on any atom is 0.228 e. The molecule has 0 radical (unpaired) electrons. The van der Waals surface area contributed by atoms with Crippen LogP contribution in [0.15, 0.2) is 24.4 Å². The third-order valence-electron chi connectivity index (χ3n) is 3.49. The molecule has 0 bridgehead atoms. The molecule has 0 aliphatic carbocycles. The Labute approximate surface area is 131 Å². The highest BCUT2D eigenvalue weighted by Gasteiger charge is 2.22. The van der Waals surface area contributed by atoms with Crippen molar-refractivity contribution in [2.75, 3.05) is 18.5 Å². The summed E-state index contributed by atoms with van der Waals surface area (Å²) in [6, 6.07) is 5.65. The highest BCUT2D eigenvalue weighted by Crippen LogP contribution is 2.23. The molecule has 5 nitrogen and oxygen atoms in total. The third-order valence-corrected chi connectivity index (χ3v) is 4.71. The van der Waals surface area contributed by atoms with E-state index in [0.717, 1.165) is 27.9 Å². The summed E-state index contributed by atoms with van der Waals surface area (Å²) in [5.41, 5.74) is 0. The molecule has 2 aromatic heterocycles. The minimum absolute atomic E-state index is 0.0262. The number of rotatable bonds is 4. The molecular formula is C14H16ClN3O2S. The Kier molecular flexibility index (Phi) is 4.57. The lowest BCUT2D eigenvalue weighted by atomic mass is 9.99. The van der Waals surface area contributed by atoms with Crippen molar-refractivity contribution < 1.29 is 9.53 Å². The van der Waals surface area contributed by atoms with Crippen LogP contribution >= 0.6 is 22.9 Å². The Bertz CT molecular complexity index is 619. The fraction of sp³-hybridized carbons (Fsp3) is 0.429. The average Bonchev–Trinajstić information content (AvgIpc) is 3.10. The highest BCUT2D eigenvalue weighted by atomic mass is 35.5. The van der Waals surface area contributed by atoms with Crippen molar-refractivity contribution >= 4 is 34.7 Å². The lowest BCUT2D eigenvalue weighted by Gasteiger charge is -2.21. The minimum atomic E-state index is 0.0262. The Morgan fingerprint density at radius 2 is 2.24 bits per heavy atom. The van der Waals surface area contributed by atoms with Crippen LogP contribution in [-0.4, -0.2) is 28.9 Å². The zero-order chi connectivity index (χ0) is 14.7. The molecular weight excluding hydrogens is 310 g/mol. The molecule has 112 valence electrons. The molecule has 0 atom stereocenters. The van der Waals surface area contributed by atoms with Gasteiger partial charge in [-0.25, -0.2) is 4.68 Å².